The fourth-order valence-corrected chi connectivity index (χ4v) is 2.54. The molecule has 29 heavy (non-hydrogen) atoms. The second-order valence-corrected chi connectivity index (χ2v) is 6.56. The fraction of sp³-hybridized carbons (Fsp3) is 0.300. The van der Waals surface area contributed by atoms with Crippen molar-refractivity contribution < 1.29 is 29.6 Å². The monoisotopic (exact) mass is 402 g/mol. The van der Waals surface area contributed by atoms with Crippen LogP contribution in [0.25, 0.3) is 0 Å². The third-order valence-electron chi connectivity index (χ3n) is 4.45. The molecule has 0 bridgehead atoms. The quantitative estimate of drug-likeness (QED) is 0.487. The Morgan fingerprint density at radius 1 is 1.10 bits per heavy atom. The fourth-order valence-electron chi connectivity index (χ4n) is 2.54. The Morgan fingerprint density at radius 3 is 2.21 bits per heavy atom. The van der Waals surface area contributed by atoms with Crippen LogP contribution in [0, 0.1) is 10.1 Å². The van der Waals surface area contributed by atoms with Gasteiger partial charge in [-0.15, -0.1) is 0 Å². The number of carboxylic acid groups (broad SMARTS) is 1. The maximum atomic E-state index is 13.0. The minimum atomic E-state index is -1.44. The van der Waals surface area contributed by atoms with Crippen LogP contribution in [0.4, 0.5) is 0 Å². The summed E-state index contributed by atoms with van der Waals surface area (Å²) in [4.78, 5) is 41.0. The average Bonchev–Trinajstić information content (AvgIpc) is 2.71. The van der Waals surface area contributed by atoms with Gasteiger partial charge in [0, 0.05) is 23.8 Å². The van der Waals surface area contributed by atoms with Crippen LogP contribution < -0.4 is 0 Å². The van der Waals surface area contributed by atoms with Crippen LogP contribution in [-0.2, 0) is 16.1 Å². The van der Waals surface area contributed by atoms with Crippen LogP contribution in [-0.4, -0.2) is 50.3 Å². The number of nitrogens with zero attached hydrogens (tertiary/aromatic N) is 2. The molecule has 9 nitrogen and oxygen atoms in total. The molecule has 0 saturated carbocycles. The Labute approximate surface area is 167 Å². The Kier molecular flexibility index (Phi) is 7.27. The molecule has 3 atom stereocenters. The second kappa shape index (κ2) is 9.65. The summed E-state index contributed by atoms with van der Waals surface area (Å²) in [6.45, 7) is 2.71. The standard InChI is InChI=1S/C20H22N2O7/c1-13(22(27)28)14(2)29-21(19(24)16-6-4-3-5-7-16)18(20(25)26)12-15-8-10-17(23)11-9-15/h3-11,13-14,18,23H,12H2,1-2H3,(H,25,26)/t13?,14?,18-/m0/s1. The molecule has 0 saturated heterocycles. The zero-order valence-corrected chi connectivity index (χ0v) is 16.0. The molecule has 1 amide bonds. The summed E-state index contributed by atoms with van der Waals surface area (Å²) in [5.74, 6) is -2.04. The molecular formula is C20H22N2O7. The summed E-state index contributed by atoms with van der Waals surface area (Å²) >= 11 is 0. The van der Waals surface area contributed by atoms with Gasteiger partial charge in [0.25, 0.3) is 5.91 Å². The first-order valence-electron chi connectivity index (χ1n) is 8.90. The number of nitro groups is 1. The molecule has 0 aliphatic rings. The van der Waals surface area contributed by atoms with Gasteiger partial charge in [-0.2, -0.15) is 0 Å². The van der Waals surface area contributed by atoms with Gasteiger partial charge in [0.05, 0.1) is 0 Å². The number of amides is 1. The van der Waals surface area contributed by atoms with E-state index in [0.29, 0.717) is 10.6 Å². The van der Waals surface area contributed by atoms with Crippen molar-refractivity contribution in [2.75, 3.05) is 0 Å². The smallest absolute Gasteiger partial charge is 0.329 e. The van der Waals surface area contributed by atoms with E-state index in [-0.39, 0.29) is 17.7 Å². The molecule has 2 aromatic carbocycles. The number of carbonyl (C=O) groups is 2. The van der Waals surface area contributed by atoms with E-state index >= 15 is 0 Å². The Morgan fingerprint density at radius 2 is 1.69 bits per heavy atom. The van der Waals surface area contributed by atoms with E-state index < -0.39 is 35.0 Å². The minimum Gasteiger partial charge on any atom is -0.508 e. The molecule has 0 radical (unpaired) electrons. The van der Waals surface area contributed by atoms with Gasteiger partial charge >= 0.3 is 5.97 Å². The van der Waals surface area contributed by atoms with E-state index in [1.165, 1.54) is 50.2 Å². The highest BCUT2D eigenvalue weighted by molar-refractivity contribution is 5.95. The number of aromatic hydroxyl groups is 1. The molecule has 2 N–H and O–H groups in total. The Hall–Kier alpha value is -3.46. The summed E-state index contributed by atoms with van der Waals surface area (Å²) in [5, 5.41) is 30.9. The van der Waals surface area contributed by atoms with Crippen molar-refractivity contribution in [1.82, 2.24) is 5.06 Å². The lowest BCUT2D eigenvalue weighted by Gasteiger charge is -2.30. The van der Waals surface area contributed by atoms with Crippen LogP contribution in [0.5, 0.6) is 5.75 Å². The topological polar surface area (TPSA) is 130 Å². The van der Waals surface area contributed by atoms with Gasteiger partial charge in [0.15, 0.2) is 6.04 Å². The van der Waals surface area contributed by atoms with Crippen LogP contribution in [0.15, 0.2) is 54.6 Å². The van der Waals surface area contributed by atoms with Gasteiger partial charge in [-0.05, 0) is 36.8 Å². The number of phenols is 1. The summed E-state index contributed by atoms with van der Waals surface area (Å²) in [7, 11) is 0. The molecule has 2 rings (SSSR count). The van der Waals surface area contributed by atoms with Crippen molar-refractivity contribution >= 4 is 11.9 Å². The van der Waals surface area contributed by atoms with E-state index in [1.807, 2.05) is 0 Å². The largest absolute Gasteiger partial charge is 0.508 e. The maximum Gasteiger partial charge on any atom is 0.329 e. The Bertz CT molecular complexity index is 855. The van der Waals surface area contributed by atoms with E-state index in [0.717, 1.165) is 0 Å². The van der Waals surface area contributed by atoms with Crippen LogP contribution >= 0.6 is 0 Å². The molecule has 0 aliphatic heterocycles. The number of aliphatic carboxylic acids is 1. The third kappa shape index (κ3) is 5.76. The lowest BCUT2D eigenvalue weighted by Crippen LogP contribution is -2.49. The van der Waals surface area contributed by atoms with Gasteiger partial charge in [-0.1, -0.05) is 30.3 Å². The van der Waals surface area contributed by atoms with Crippen molar-refractivity contribution in [2.45, 2.75) is 38.5 Å². The SMILES string of the molecule is CC(ON(C(=O)c1ccccc1)[C@@H](Cc1ccc(O)cc1)C(=O)O)C(C)[N+](=O)[O-]. The van der Waals surface area contributed by atoms with Crippen molar-refractivity contribution in [3.63, 3.8) is 0 Å². The van der Waals surface area contributed by atoms with Crippen LogP contribution in [0.2, 0.25) is 0 Å². The number of hydrogen-bond acceptors (Lipinski definition) is 6. The average molecular weight is 402 g/mol. The van der Waals surface area contributed by atoms with Crippen molar-refractivity contribution in [3.8, 4) is 5.75 Å². The molecule has 0 spiro atoms. The number of carbonyl (C=O) groups excluding carboxylic acids is 1. The predicted molar refractivity (Wildman–Crippen MR) is 103 cm³/mol. The molecular weight excluding hydrogens is 380 g/mol. The minimum absolute atomic E-state index is 0.0162. The predicted octanol–water partition coefficient (Wildman–Crippen LogP) is 2.52. The molecule has 2 aromatic rings. The Balaban J connectivity index is 2.38. The zero-order chi connectivity index (χ0) is 21.6. The number of hydrogen-bond donors (Lipinski definition) is 2. The number of carboxylic acids is 1. The highest BCUT2D eigenvalue weighted by atomic mass is 16.7. The molecule has 9 heteroatoms. The first-order valence-corrected chi connectivity index (χ1v) is 8.90. The van der Waals surface area contributed by atoms with Crippen molar-refractivity contribution in [3.05, 3.63) is 75.8 Å². The molecule has 2 unspecified atom stereocenters. The lowest BCUT2D eigenvalue weighted by molar-refractivity contribution is -0.534. The van der Waals surface area contributed by atoms with Crippen LogP contribution in [0.1, 0.15) is 29.8 Å². The van der Waals surface area contributed by atoms with Gasteiger partial charge in [0.1, 0.15) is 11.9 Å². The molecule has 0 fully saturated rings. The second-order valence-electron chi connectivity index (χ2n) is 6.56. The molecule has 0 heterocycles. The maximum absolute atomic E-state index is 13.0. The van der Waals surface area contributed by atoms with Crippen molar-refractivity contribution in [2.24, 2.45) is 0 Å². The van der Waals surface area contributed by atoms with E-state index in [9.17, 15) is 29.9 Å². The number of rotatable bonds is 9. The summed E-state index contributed by atoms with van der Waals surface area (Å²) in [6.07, 6.45) is -1.17. The summed E-state index contributed by atoms with van der Waals surface area (Å²) in [5.41, 5.74) is 0.727. The van der Waals surface area contributed by atoms with E-state index in [2.05, 4.69) is 0 Å². The number of benzene rings is 2. The first kappa shape index (κ1) is 21.8. The third-order valence-corrected chi connectivity index (χ3v) is 4.45. The number of hydroxylamine groups is 2. The van der Waals surface area contributed by atoms with Gasteiger partial charge < -0.3 is 10.2 Å². The number of phenolic OH excluding ortho intramolecular Hbond substituents is 1. The molecule has 154 valence electrons. The summed E-state index contributed by atoms with van der Waals surface area (Å²) in [6, 6.07) is 11.2. The van der Waals surface area contributed by atoms with E-state index in [1.54, 1.807) is 18.2 Å². The first-order chi connectivity index (χ1) is 13.7. The normalized spacial score (nSPS) is 13.9. The van der Waals surface area contributed by atoms with Gasteiger partial charge in [-0.3, -0.25) is 19.7 Å². The lowest BCUT2D eigenvalue weighted by atomic mass is 10.0. The highest BCUT2D eigenvalue weighted by Crippen LogP contribution is 2.19. The van der Waals surface area contributed by atoms with Gasteiger partial charge in [-0.25, -0.2) is 9.86 Å². The van der Waals surface area contributed by atoms with Crippen molar-refractivity contribution in [1.29, 1.82) is 0 Å². The van der Waals surface area contributed by atoms with Crippen LogP contribution in [0.3, 0.4) is 0 Å². The highest BCUT2D eigenvalue weighted by Gasteiger charge is 2.36. The van der Waals surface area contributed by atoms with E-state index in [4.69, 9.17) is 4.84 Å². The molecule has 0 aromatic heterocycles. The van der Waals surface area contributed by atoms with Gasteiger partial charge in [0.2, 0.25) is 6.04 Å². The zero-order valence-electron chi connectivity index (χ0n) is 16.0. The molecule has 0 aliphatic carbocycles. The summed E-state index contributed by atoms with van der Waals surface area (Å²) < 4.78 is 0.